The molecule has 3 aromatic carbocycles. The zero-order valence-corrected chi connectivity index (χ0v) is 28.6. The van der Waals surface area contributed by atoms with Crippen LogP contribution < -0.4 is 15.7 Å². The highest BCUT2D eigenvalue weighted by molar-refractivity contribution is 9.10. The van der Waals surface area contributed by atoms with Crippen LogP contribution in [0.2, 0.25) is 0 Å². The van der Waals surface area contributed by atoms with Gasteiger partial charge in [-0.1, -0.05) is 31.9 Å². The van der Waals surface area contributed by atoms with Crippen LogP contribution in [-0.4, -0.2) is 64.2 Å². The molecular weight excluding hydrogens is 747 g/mol. The molecule has 1 amide bonds. The normalized spacial score (nSPS) is 14.7. The van der Waals surface area contributed by atoms with Crippen LogP contribution in [0.4, 0.5) is 17.2 Å². The standard InChI is InChI=1S/C30H29Br2N6O7P/c1-20-27(46(43,36-14-17-44-18-15-36)35-25-10-12-26(13-11-25)38(41)42)28(33-29(39)21-2-6-23(31)7-3-21)37(34-20)16-19-45-30(40)22-4-8-24(32)9-5-22/h2-13H,14-19H2,1H3,(H,33,39)(H,35,43)/t46-/m0/s1. The van der Waals surface area contributed by atoms with Crippen molar-refractivity contribution in [1.82, 2.24) is 14.5 Å². The van der Waals surface area contributed by atoms with Gasteiger partial charge in [-0.3, -0.25) is 19.5 Å². The van der Waals surface area contributed by atoms with Crippen molar-refractivity contribution in [2.24, 2.45) is 0 Å². The summed E-state index contributed by atoms with van der Waals surface area (Å²) in [7, 11) is -3.81. The van der Waals surface area contributed by atoms with Crippen molar-refractivity contribution < 1.29 is 28.6 Å². The number of nitrogens with one attached hydrogen (secondary N) is 2. The van der Waals surface area contributed by atoms with Gasteiger partial charge in [-0.05, 0) is 67.6 Å². The molecule has 13 nitrogen and oxygen atoms in total. The molecule has 0 bridgehead atoms. The minimum atomic E-state index is -3.81. The lowest BCUT2D eigenvalue weighted by Gasteiger charge is -2.35. The summed E-state index contributed by atoms with van der Waals surface area (Å²) in [4.78, 5) is 36.9. The summed E-state index contributed by atoms with van der Waals surface area (Å²) in [5.41, 5.74) is 1.35. The third-order valence-electron chi connectivity index (χ3n) is 7.10. The van der Waals surface area contributed by atoms with Crippen molar-refractivity contribution >= 4 is 73.7 Å². The Kier molecular flexibility index (Phi) is 10.7. The zero-order valence-electron chi connectivity index (χ0n) is 24.5. The van der Waals surface area contributed by atoms with E-state index >= 15 is 4.57 Å². The summed E-state index contributed by atoms with van der Waals surface area (Å²) in [6, 6.07) is 19.1. The largest absolute Gasteiger partial charge is 0.460 e. The third kappa shape index (κ3) is 7.73. The van der Waals surface area contributed by atoms with Crippen LogP contribution in [-0.2, 0) is 20.6 Å². The predicted octanol–water partition coefficient (Wildman–Crippen LogP) is 6.00. The van der Waals surface area contributed by atoms with E-state index in [1.54, 1.807) is 60.1 Å². The van der Waals surface area contributed by atoms with E-state index in [2.05, 4.69) is 47.4 Å². The van der Waals surface area contributed by atoms with Crippen molar-refractivity contribution in [1.29, 1.82) is 0 Å². The van der Waals surface area contributed by atoms with Gasteiger partial charge in [0, 0.05) is 45.4 Å². The number of hydrogen-bond donors (Lipinski definition) is 2. The molecule has 1 aliphatic heterocycles. The molecule has 0 aliphatic carbocycles. The molecule has 1 saturated heterocycles. The molecule has 0 unspecified atom stereocenters. The highest BCUT2D eigenvalue weighted by Crippen LogP contribution is 2.51. The third-order valence-corrected chi connectivity index (χ3v) is 11.1. The molecule has 4 aromatic rings. The molecule has 5 rings (SSSR count). The fourth-order valence-corrected chi connectivity index (χ4v) is 8.06. The Labute approximate surface area is 281 Å². The second-order valence-electron chi connectivity index (χ2n) is 10.2. The summed E-state index contributed by atoms with van der Waals surface area (Å²) in [6.07, 6.45) is 0. The van der Waals surface area contributed by atoms with Gasteiger partial charge in [-0.15, -0.1) is 0 Å². The van der Waals surface area contributed by atoms with Crippen LogP contribution >= 0.6 is 39.3 Å². The first-order chi connectivity index (χ1) is 22.0. The number of nitrogens with zero attached hydrogens (tertiary/aromatic N) is 4. The van der Waals surface area contributed by atoms with Crippen LogP contribution in [0.5, 0.6) is 0 Å². The first kappa shape index (κ1) is 33.5. The minimum absolute atomic E-state index is 0.0414. The van der Waals surface area contributed by atoms with E-state index in [0.29, 0.717) is 48.8 Å². The number of carbonyl (C=O) groups is 2. The average Bonchev–Trinajstić information content (AvgIpc) is 3.36. The molecule has 240 valence electrons. The predicted molar refractivity (Wildman–Crippen MR) is 180 cm³/mol. The highest BCUT2D eigenvalue weighted by atomic mass is 79.9. The van der Waals surface area contributed by atoms with E-state index in [1.165, 1.54) is 28.9 Å². The van der Waals surface area contributed by atoms with Gasteiger partial charge < -0.3 is 19.9 Å². The summed E-state index contributed by atoms with van der Waals surface area (Å²) >= 11 is 6.72. The molecular formula is C30H29Br2N6O7P. The molecule has 0 spiro atoms. The maximum Gasteiger partial charge on any atom is 0.338 e. The number of hydrogen-bond acceptors (Lipinski definition) is 8. The topological polar surface area (TPSA) is 158 Å². The van der Waals surface area contributed by atoms with E-state index in [9.17, 15) is 19.7 Å². The van der Waals surface area contributed by atoms with Crippen molar-refractivity contribution in [3.63, 3.8) is 0 Å². The van der Waals surface area contributed by atoms with Crippen LogP contribution in [0.15, 0.2) is 81.7 Å². The lowest BCUT2D eigenvalue weighted by Crippen LogP contribution is -2.40. The molecule has 1 aromatic heterocycles. The number of ether oxygens (including phenoxy) is 2. The van der Waals surface area contributed by atoms with E-state index < -0.39 is 24.2 Å². The molecule has 2 N–H and O–H groups in total. The Morgan fingerprint density at radius 1 is 0.978 bits per heavy atom. The van der Waals surface area contributed by atoms with Crippen molar-refractivity contribution in [2.75, 3.05) is 43.3 Å². The summed E-state index contributed by atoms with van der Waals surface area (Å²) in [5, 5.41) is 22.2. The minimum Gasteiger partial charge on any atom is -0.460 e. The number of halogens is 2. The number of morpholine rings is 1. The number of benzene rings is 3. The first-order valence-electron chi connectivity index (χ1n) is 14.1. The van der Waals surface area contributed by atoms with Crippen LogP contribution in [0.25, 0.3) is 0 Å². The maximum atomic E-state index is 15.3. The lowest BCUT2D eigenvalue weighted by molar-refractivity contribution is -0.384. The Morgan fingerprint density at radius 3 is 2.15 bits per heavy atom. The summed E-state index contributed by atoms with van der Waals surface area (Å²) < 4.78 is 31.2. The van der Waals surface area contributed by atoms with E-state index in [1.807, 2.05) is 0 Å². The zero-order chi connectivity index (χ0) is 32.8. The molecule has 46 heavy (non-hydrogen) atoms. The van der Waals surface area contributed by atoms with Gasteiger partial charge in [0.2, 0.25) is 0 Å². The average molecular weight is 776 g/mol. The second-order valence-corrected chi connectivity index (χ2v) is 14.4. The maximum absolute atomic E-state index is 15.3. The van der Waals surface area contributed by atoms with Gasteiger partial charge in [0.25, 0.3) is 19.0 Å². The number of nitro groups is 1. The van der Waals surface area contributed by atoms with Crippen molar-refractivity contribution in [2.45, 2.75) is 13.5 Å². The van der Waals surface area contributed by atoms with E-state index in [0.717, 1.165) is 8.95 Å². The number of aryl methyl sites for hydroxylation is 1. The monoisotopic (exact) mass is 774 g/mol. The molecule has 1 fully saturated rings. The highest BCUT2D eigenvalue weighted by Gasteiger charge is 2.40. The van der Waals surface area contributed by atoms with Crippen molar-refractivity contribution in [3.8, 4) is 0 Å². The van der Waals surface area contributed by atoms with Crippen LogP contribution in [0, 0.1) is 17.0 Å². The van der Waals surface area contributed by atoms with Gasteiger partial charge in [0.15, 0.2) is 0 Å². The fourth-order valence-electron chi connectivity index (χ4n) is 4.83. The fraction of sp³-hybridized carbons (Fsp3) is 0.233. The number of rotatable bonds is 11. The first-order valence-corrected chi connectivity index (χ1v) is 17.3. The summed E-state index contributed by atoms with van der Waals surface area (Å²) in [5.74, 6) is -0.837. The number of non-ortho nitro benzene ring substituents is 1. The molecule has 1 atom stereocenters. The molecule has 0 saturated carbocycles. The lowest BCUT2D eigenvalue weighted by atomic mass is 10.2. The summed E-state index contributed by atoms with van der Waals surface area (Å²) in [6.45, 7) is 2.91. The number of aromatic nitrogens is 2. The van der Waals surface area contributed by atoms with Gasteiger partial charge in [0.1, 0.15) is 17.7 Å². The van der Waals surface area contributed by atoms with E-state index in [4.69, 9.17) is 9.47 Å². The number of nitro benzene ring substituents is 1. The Morgan fingerprint density at radius 2 is 1.57 bits per heavy atom. The Balaban J connectivity index is 1.52. The van der Waals surface area contributed by atoms with E-state index in [-0.39, 0.29) is 30.0 Å². The van der Waals surface area contributed by atoms with Gasteiger partial charge in [0.05, 0.1) is 35.9 Å². The smallest absolute Gasteiger partial charge is 0.338 e. The Bertz CT molecular complexity index is 1780. The molecule has 0 radical (unpaired) electrons. The molecule has 1 aliphatic rings. The Hall–Kier alpha value is -3.88. The second kappa shape index (κ2) is 14.7. The number of esters is 1. The van der Waals surface area contributed by atoms with Crippen molar-refractivity contribution in [3.05, 3.63) is 109 Å². The SMILES string of the molecule is Cc1nn(CCOC(=O)c2ccc(Br)cc2)c(NC(=O)c2ccc(Br)cc2)c1[P@](=O)(Nc1ccc([N+](=O)[O-])cc1)N1CCOCC1. The van der Waals surface area contributed by atoms with Gasteiger partial charge in [-0.25, -0.2) is 14.1 Å². The molecule has 16 heteroatoms. The number of anilines is 2. The van der Waals surface area contributed by atoms with Crippen LogP contribution in [0.1, 0.15) is 26.4 Å². The van der Waals surface area contributed by atoms with Gasteiger partial charge in [-0.2, -0.15) is 5.10 Å². The van der Waals surface area contributed by atoms with Gasteiger partial charge >= 0.3 is 5.97 Å². The molecule has 2 heterocycles. The number of amides is 1. The number of carbonyl (C=O) groups excluding carboxylic acids is 2. The van der Waals surface area contributed by atoms with Crippen LogP contribution in [0.3, 0.4) is 0 Å². The quantitative estimate of drug-likeness (QED) is 0.0802.